The maximum atomic E-state index is 5.26. The highest BCUT2D eigenvalue weighted by Gasteiger charge is 2.19. The molecule has 0 saturated heterocycles. The second-order valence-corrected chi connectivity index (χ2v) is 4.69. The van der Waals surface area contributed by atoms with Gasteiger partial charge in [-0.1, -0.05) is 30.3 Å². The zero-order valence-electron chi connectivity index (χ0n) is 9.91. The van der Waals surface area contributed by atoms with E-state index in [2.05, 4.69) is 41.5 Å². The summed E-state index contributed by atoms with van der Waals surface area (Å²) >= 11 is 5.26. The zero-order chi connectivity index (χ0) is 12.1. The predicted molar refractivity (Wildman–Crippen MR) is 76.1 cm³/mol. The fourth-order valence-electron chi connectivity index (χ4n) is 2.28. The highest BCUT2D eigenvalue weighted by Crippen LogP contribution is 2.29. The van der Waals surface area contributed by atoms with E-state index in [0.717, 1.165) is 6.42 Å². The summed E-state index contributed by atoms with van der Waals surface area (Å²) in [5, 5.41) is 7.21. The van der Waals surface area contributed by atoms with Crippen LogP contribution in [0.4, 0.5) is 0 Å². The molecule has 0 spiro atoms. The average molecular weight is 246 g/mol. The van der Waals surface area contributed by atoms with Gasteiger partial charge in [0.1, 0.15) is 0 Å². The lowest BCUT2D eigenvalue weighted by Crippen LogP contribution is -2.38. The van der Waals surface area contributed by atoms with Crippen LogP contribution in [-0.2, 0) is 6.42 Å². The Balaban J connectivity index is 2.03. The first-order valence-corrected chi connectivity index (χ1v) is 6.45. The summed E-state index contributed by atoms with van der Waals surface area (Å²) in [5.41, 5.74) is 2.84. The van der Waals surface area contributed by atoms with Crippen molar-refractivity contribution in [2.45, 2.75) is 25.3 Å². The predicted octanol–water partition coefficient (Wildman–Crippen LogP) is 2.71. The van der Waals surface area contributed by atoms with Gasteiger partial charge in [0.05, 0.1) is 6.04 Å². The van der Waals surface area contributed by atoms with Crippen LogP contribution in [0.5, 0.6) is 0 Å². The minimum Gasteiger partial charge on any atom is -0.359 e. The smallest absolute Gasteiger partial charge is 0.167 e. The molecule has 0 bridgehead atoms. The van der Waals surface area contributed by atoms with Gasteiger partial charge in [0, 0.05) is 6.54 Å². The fraction of sp³-hybridized carbons (Fsp3) is 0.357. The SMILES string of the molecule is C=CCNC(=S)N[C@@H]1CCCc2ccccc21. The number of rotatable bonds is 3. The Kier molecular flexibility index (Phi) is 4.15. The van der Waals surface area contributed by atoms with Crippen molar-refractivity contribution in [2.75, 3.05) is 6.54 Å². The van der Waals surface area contributed by atoms with Crippen molar-refractivity contribution in [3.8, 4) is 0 Å². The van der Waals surface area contributed by atoms with Gasteiger partial charge in [0.25, 0.3) is 0 Å². The Morgan fingerprint density at radius 2 is 2.29 bits per heavy atom. The van der Waals surface area contributed by atoms with Gasteiger partial charge in [-0.2, -0.15) is 0 Å². The van der Waals surface area contributed by atoms with Crippen LogP contribution >= 0.6 is 12.2 Å². The molecule has 0 aliphatic heterocycles. The first kappa shape index (κ1) is 12.1. The quantitative estimate of drug-likeness (QED) is 0.633. The minimum absolute atomic E-state index is 0.352. The number of thiocarbonyl (C=S) groups is 1. The molecule has 1 atom stereocenters. The molecule has 90 valence electrons. The fourth-order valence-corrected chi connectivity index (χ4v) is 2.50. The summed E-state index contributed by atoms with van der Waals surface area (Å²) < 4.78 is 0. The monoisotopic (exact) mass is 246 g/mol. The van der Waals surface area contributed by atoms with Gasteiger partial charge in [-0.3, -0.25) is 0 Å². The molecule has 0 fully saturated rings. The van der Waals surface area contributed by atoms with Crippen molar-refractivity contribution in [1.29, 1.82) is 0 Å². The van der Waals surface area contributed by atoms with Crippen LogP contribution < -0.4 is 10.6 Å². The van der Waals surface area contributed by atoms with E-state index in [1.165, 1.54) is 24.0 Å². The molecule has 0 heterocycles. The topological polar surface area (TPSA) is 24.1 Å². The lowest BCUT2D eigenvalue weighted by atomic mass is 9.88. The molecule has 0 amide bonds. The molecule has 2 rings (SSSR count). The first-order chi connectivity index (χ1) is 8.31. The van der Waals surface area contributed by atoms with Crippen molar-refractivity contribution in [3.05, 3.63) is 48.0 Å². The van der Waals surface area contributed by atoms with Gasteiger partial charge in [-0.05, 0) is 42.6 Å². The van der Waals surface area contributed by atoms with Crippen molar-refractivity contribution < 1.29 is 0 Å². The standard InChI is InChI=1S/C14H18N2S/c1-2-10-15-14(17)16-13-9-5-7-11-6-3-4-8-12(11)13/h2-4,6,8,13H,1,5,7,9-10H2,(H2,15,16,17)/t13-/m1/s1. The van der Waals surface area contributed by atoms with E-state index in [-0.39, 0.29) is 0 Å². The van der Waals surface area contributed by atoms with E-state index in [0.29, 0.717) is 17.7 Å². The molecule has 2 N–H and O–H groups in total. The van der Waals surface area contributed by atoms with E-state index >= 15 is 0 Å². The van der Waals surface area contributed by atoms with Gasteiger partial charge in [-0.25, -0.2) is 0 Å². The van der Waals surface area contributed by atoms with Crippen molar-refractivity contribution in [2.24, 2.45) is 0 Å². The second kappa shape index (κ2) is 5.82. The lowest BCUT2D eigenvalue weighted by molar-refractivity contribution is 0.524. The Hall–Kier alpha value is -1.35. The Morgan fingerprint density at radius 3 is 3.12 bits per heavy atom. The van der Waals surface area contributed by atoms with Crippen LogP contribution in [0.3, 0.4) is 0 Å². The van der Waals surface area contributed by atoms with Crippen LogP contribution in [-0.4, -0.2) is 11.7 Å². The molecule has 0 unspecified atom stereocenters. The summed E-state index contributed by atoms with van der Waals surface area (Å²) in [4.78, 5) is 0. The molecule has 17 heavy (non-hydrogen) atoms. The molecule has 2 nitrogen and oxygen atoms in total. The Bertz CT molecular complexity index is 414. The number of benzene rings is 1. The van der Waals surface area contributed by atoms with Crippen molar-refractivity contribution in [3.63, 3.8) is 0 Å². The highest BCUT2D eigenvalue weighted by molar-refractivity contribution is 7.80. The van der Waals surface area contributed by atoms with Gasteiger partial charge in [0.15, 0.2) is 5.11 Å². The Labute approximate surface area is 108 Å². The minimum atomic E-state index is 0.352. The van der Waals surface area contributed by atoms with Gasteiger partial charge in [0.2, 0.25) is 0 Å². The third-order valence-electron chi connectivity index (χ3n) is 3.08. The molecule has 1 aliphatic rings. The molecule has 1 aliphatic carbocycles. The Morgan fingerprint density at radius 1 is 1.47 bits per heavy atom. The van der Waals surface area contributed by atoms with Crippen molar-refractivity contribution >= 4 is 17.3 Å². The number of hydrogen-bond donors (Lipinski definition) is 2. The maximum Gasteiger partial charge on any atom is 0.167 e. The zero-order valence-corrected chi connectivity index (χ0v) is 10.7. The third-order valence-corrected chi connectivity index (χ3v) is 3.34. The van der Waals surface area contributed by atoms with Crippen LogP contribution in [0.15, 0.2) is 36.9 Å². The molecule has 0 saturated carbocycles. The summed E-state index contributed by atoms with van der Waals surface area (Å²) in [7, 11) is 0. The summed E-state index contributed by atoms with van der Waals surface area (Å²) in [6.45, 7) is 4.37. The molecule has 1 aromatic rings. The molecule has 0 radical (unpaired) electrons. The number of aryl methyl sites for hydroxylation is 1. The van der Waals surface area contributed by atoms with Gasteiger partial charge in [-0.15, -0.1) is 6.58 Å². The van der Waals surface area contributed by atoms with Gasteiger partial charge < -0.3 is 10.6 Å². The van der Waals surface area contributed by atoms with E-state index < -0.39 is 0 Å². The normalized spacial score (nSPS) is 18.0. The number of nitrogens with one attached hydrogen (secondary N) is 2. The number of fused-ring (bicyclic) bond motifs is 1. The molecular weight excluding hydrogens is 228 g/mol. The summed E-state index contributed by atoms with van der Waals surface area (Å²) in [5.74, 6) is 0. The molecule has 3 heteroatoms. The van der Waals surface area contributed by atoms with E-state index in [1.807, 2.05) is 6.08 Å². The average Bonchev–Trinajstić information content (AvgIpc) is 2.37. The van der Waals surface area contributed by atoms with E-state index in [4.69, 9.17) is 12.2 Å². The molecule has 1 aromatic carbocycles. The molecular formula is C14H18N2S. The van der Waals surface area contributed by atoms with Crippen molar-refractivity contribution in [1.82, 2.24) is 10.6 Å². The largest absolute Gasteiger partial charge is 0.359 e. The second-order valence-electron chi connectivity index (χ2n) is 4.29. The van der Waals surface area contributed by atoms with Crippen LogP contribution in [0, 0.1) is 0 Å². The lowest BCUT2D eigenvalue weighted by Gasteiger charge is -2.27. The third kappa shape index (κ3) is 3.07. The van der Waals surface area contributed by atoms with Crippen LogP contribution in [0.25, 0.3) is 0 Å². The van der Waals surface area contributed by atoms with E-state index in [9.17, 15) is 0 Å². The first-order valence-electron chi connectivity index (χ1n) is 6.04. The summed E-state index contributed by atoms with van der Waals surface area (Å²) in [6, 6.07) is 8.96. The highest BCUT2D eigenvalue weighted by atomic mass is 32.1. The molecule has 0 aromatic heterocycles. The summed E-state index contributed by atoms with van der Waals surface area (Å²) in [6.07, 6.45) is 5.36. The van der Waals surface area contributed by atoms with Gasteiger partial charge >= 0.3 is 0 Å². The van der Waals surface area contributed by atoms with Crippen LogP contribution in [0.2, 0.25) is 0 Å². The maximum absolute atomic E-state index is 5.26. The number of hydrogen-bond acceptors (Lipinski definition) is 1. The van der Waals surface area contributed by atoms with E-state index in [1.54, 1.807) is 0 Å². The van der Waals surface area contributed by atoms with Crippen LogP contribution in [0.1, 0.15) is 30.0 Å².